The first-order chi connectivity index (χ1) is 7.29. The lowest BCUT2D eigenvalue weighted by atomic mass is 10.1. The van der Waals surface area contributed by atoms with E-state index in [4.69, 9.17) is 4.74 Å². The van der Waals surface area contributed by atoms with Crippen LogP contribution in [0.3, 0.4) is 0 Å². The van der Waals surface area contributed by atoms with Crippen LogP contribution in [0.2, 0.25) is 0 Å². The van der Waals surface area contributed by atoms with Crippen molar-refractivity contribution >= 4 is 12.6 Å². The summed E-state index contributed by atoms with van der Waals surface area (Å²) in [6.07, 6.45) is 0. The Morgan fingerprint density at radius 1 is 0.933 bits per heavy atom. The van der Waals surface area contributed by atoms with Crippen molar-refractivity contribution in [3.05, 3.63) is 48.5 Å². The minimum atomic E-state index is 0.877. The second-order valence-corrected chi connectivity index (χ2v) is 3.80. The van der Waals surface area contributed by atoms with Crippen LogP contribution in [0.25, 0.3) is 11.1 Å². The minimum absolute atomic E-state index is 0.877. The molecule has 0 amide bonds. The Morgan fingerprint density at radius 2 is 1.67 bits per heavy atom. The normalized spacial score (nSPS) is 10.0. The van der Waals surface area contributed by atoms with Gasteiger partial charge in [-0.2, -0.15) is 0 Å². The molecular formula is C13H12OS. The third-order valence-electron chi connectivity index (χ3n) is 2.27. The van der Waals surface area contributed by atoms with E-state index in [-0.39, 0.29) is 0 Å². The average molecular weight is 216 g/mol. The summed E-state index contributed by atoms with van der Waals surface area (Å²) in [4.78, 5) is 0.974. The van der Waals surface area contributed by atoms with Gasteiger partial charge < -0.3 is 4.74 Å². The molecule has 2 aromatic carbocycles. The van der Waals surface area contributed by atoms with Crippen molar-refractivity contribution in [2.75, 3.05) is 7.11 Å². The predicted octanol–water partition coefficient (Wildman–Crippen LogP) is 3.65. The largest absolute Gasteiger partial charge is 0.497 e. The molecular weight excluding hydrogens is 204 g/mol. The van der Waals surface area contributed by atoms with Crippen molar-refractivity contribution in [3.8, 4) is 16.9 Å². The van der Waals surface area contributed by atoms with Crippen LogP contribution in [0.15, 0.2) is 53.4 Å². The predicted molar refractivity (Wildman–Crippen MR) is 65.7 cm³/mol. The SMILES string of the molecule is COc1cccc(-c2ccc(S)cc2)c1. The van der Waals surface area contributed by atoms with Gasteiger partial charge in [-0.05, 0) is 35.4 Å². The molecule has 0 bridgehead atoms. The van der Waals surface area contributed by atoms with Crippen molar-refractivity contribution < 1.29 is 4.74 Å². The van der Waals surface area contributed by atoms with Crippen LogP contribution in [-0.2, 0) is 0 Å². The molecule has 2 rings (SSSR count). The Kier molecular flexibility index (Phi) is 2.97. The van der Waals surface area contributed by atoms with Crippen LogP contribution in [0.4, 0.5) is 0 Å². The summed E-state index contributed by atoms with van der Waals surface area (Å²) in [5.74, 6) is 0.877. The Balaban J connectivity index is 2.40. The number of benzene rings is 2. The Hall–Kier alpha value is -1.41. The number of ether oxygens (including phenoxy) is 1. The van der Waals surface area contributed by atoms with Gasteiger partial charge >= 0.3 is 0 Å². The summed E-state index contributed by atoms with van der Waals surface area (Å²) in [6.45, 7) is 0. The summed E-state index contributed by atoms with van der Waals surface area (Å²) < 4.78 is 5.18. The van der Waals surface area contributed by atoms with Gasteiger partial charge in [0.05, 0.1) is 7.11 Å². The Bertz CT molecular complexity index is 448. The second-order valence-electron chi connectivity index (χ2n) is 3.28. The lowest BCUT2D eigenvalue weighted by molar-refractivity contribution is 0.415. The maximum absolute atomic E-state index is 5.18. The zero-order valence-corrected chi connectivity index (χ0v) is 9.37. The molecule has 0 aliphatic rings. The third-order valence-corrected chi connectivity index (χ3v) is 2.57. The number of hydrogen-bond donors (Lipinski definition) is 1. The van der Waals surface area contributed by atoms with Crippen LogP contribution in [0, 0.1) is 0 Å². The highest BCUT2D eigenvalue weighted by Crippen LogP contribution is 2.24. The zero-order chi connectivity index (χ0) is 10.7. The first-order valence-corrected chi connectivity index (χ1v) is 5.18. The van der Waals surface area contributed by atoms with Gasteiger partial charge in [0.15, 0.2) is 0 Å². The number of methoxy groups -OCH3 is 1. The fraction of sp³-hybridized carbons (Fsp3) is 0.0769. The van der Waals surface area contributed by atoms with Crippen molar-refractivity contribution in [3.63, 3.8) is 0 Å². The molecule has 76 valence electrons. The maximum atomic E-state index is 5.18. The van der Waals surface area contributed by atoms with E-state index in [2.05, 4.69) is 30.8 Å². The first-order valence-electron chi connectivity index (χ1n) is 4.73. The third kappa shape index (κ3) is 2.34. The maximum Gasteiger partial charge on any atom is 0.119 e. The molecule has 0 fully saturated rings. The van der Waals surface area contributed by atoms with Gasteiger partial charge in [0.1, 0.15) is 5.75 Å². The molecule has 15 heavy (non-hydrogen) atoms. The van der Waals surface area contributed by atoms with Crippen molar-refractivity contribution in [1.29, 1.82) is 0 Å². The molecule has 0 N–H and O–H groups in total. The lowest BCUT2D eigenvalue weighted by Crippen LogP contribution is -1.83. The molecule has 0 heterocycles. The molecule has 0 aromatic heterocycles. The van der Waals surface area contributed by atoms with E-state index in [1.807, 2.05) is 30.3 Å². The van der Waals surface area contributed by atoms with Crippen LogP contribution >= 0.6 is 12.6 Å². The van der Waals surface area contributed by atoms with Crippen LogP contribution < -0.4 is 4.74 Å². The summed E-state index contributed by atoms with van der Waals surface area (Å²) in [6, 6.07) is 16.1. The quantitative estimate of drug-likeness (QED) is 0.754. The molecule has 0 atom stereocenters. The van der Waals surface area contributed by atoms with E-state index in [0.717, 1.165) is 16.2 Å². The van der Waals surface area contributed by atoms with E-state index in [0.29, 0.717) is 0 Å². The Labute approximate surface area is 95.1 Å². The van der Waals surface area contributed by atoms with Crippen molar-refractivity contribution in [2.45, 2.75) is 4.90 Å². The topological polar surface area (TPSA) is 9.23 Å². The van der Waals surface area contributed by atoms with Gasteiger partial charge in [0.25, 0.3) is 0 Å². The molecule has 1 nitrogen and oxygen atoms in total. The lowest BCUT2D eigenvalue weighted by Gasteiger charge is -2.04. The monoisotopic (exact) mass is 216 g/mol. The van der Waals surface area contributed by atoms with Crippen LogP contribution in [0.1, 0.15) is 0 Å². The summed E-state index contributed by atoms with van der Waals surface area (Å²) in [5, 5.41) is 0. The molecule has 0 aliphatic heterocycles. The highest BCUT2D eigenvalue weighted by atomic mass is 32.1. The summed E-state index contributed by atoms with van der Waals surface area (Å²) in [7, 11) is 1.68. The van der Waals surface area contributed by atoms with Gasteiger partial charge in [0.2, 0.25) is 0 Å². The molecule has 0 saturated heterocycles. The van der Waals surface area contributed by atoms with E-state index in [1.54, 1.807) is 7.11 Å². The summed E-state index contributed by atoms with van der Waals surface area (Å²) >= 11 is 4.26. The van der Waals surface area contributed by atoms with E-state index in [1.165, 1.54) is 5.56 Å². The summed E-state index contributed by atoms with van der Waals surface area (Å²) in [5.41, 5.74) is 2.33. The smallest absolute Gasteiger partial charge is 0.119 e. The van der Waals surface area contributed by atoms with Gasteiger partial charge in [-0.25, -0.2) is 0 Å². The van der Waals surface area contributed by atoms with Crippen LogP contribution in [-0.4, -0.2) is 7.11 Å². The molecule has 2 heteroatoms. The number of hydrogen-bond acceptors (Lipinski definition) is 2. The molecule has 0 unspecified atom stereocenters. The zero-order valence-electron chi connectivity index (χ0n) is 8.47. The highest BCUT2D eigenvalue weighted by Gasteiger charge is 1.98. The fourth-order valence-corrected chi connectivity index (χ4v) is 1.61. The van der Waals surface area contributed by atoms with E-state index >= 15 is 0 Å². The minimum Gasteiger partial charge on any atom is -0.497 e. The molecule has 0 spiro atoms. The highest BCUT2D eigenvalue weighted by molar-refractivity contribution is 7.80. The van der Waals surface area contributed by atoms with E-state index in [9.17, 15) is 0 Å². The number of rotatable bonds is 2. The molecule has 0 aliphatic carbocycles. The van der Waals surface area contributed by atoms with Crippen molar-refractivity contribution in [2.24, 2.45) is 0 Å². The molecule has 2 aromatic rings. The van der Waals surface area contributed by atoms with Gasteiger partial charge in [-0.1, -0.05) is 24.3 Å². The number of thiol groups is 1. The molecule has 0 radical (unpaired) electrons. The first kappa shape index (κ1) is 10.1. The van der Waals surface area contributed by atoms with Crippen molar-refractivity contribution in [1.82, 2.24) is 0 Å². The van der Waals surface area contributed by atoms with Gasteiger partial charge in [-0.3, -0.25) is 0 Å². The van der Waals surface area contributed by atoms with Crippen LogP contribution in [0.5, 0.6) is 5.75 Å². The van der Waals surface area contributed by atoms with Gasteiger partial charge in [0, 0.05) is 4.90 Å². The Morgan fingerprint density at radius 3 is 2.33 bits per heavy atom. The average Bonchev–Trinajstić information content (AvgIpc) is 2.30. The standard InChI is InChI=1S/C13H12OS/c1-14-12-4-2-3-11(9-12)10-5-7-13(15)8-6-10/h2-9,15H,1H3. The second kappa shape index (κ2) is 4.41. The van der Waals surface area contributed by atoms with Gasteiger partial charge in [-0.15, -0.1) is 12.6 Å². The van der Waals surface area contributed by atoms with E-state index < -0.39 is 0 Å². The molecule has 0 saturated carbocycles. The fourth-order valence-electron chi connectivity index (χ4n) is 1.46.